The summed E-state index contributed by atoms with van der Waals surface area (Å²) in [5.74, 6) is -2.34. The summed E-state index contributed by atoms with van der Waals surface area (Å²) in [7, 11) is 1.51. The van der Waals surface area contributed by atoms with Gasteiger partial charge < -0.3 is 10.1 Å². The topological polar surface area (TPSA) is 137 Å². The summed E-state index contributed by atoms with van der Waals surface area (Å²) >= 11 is 0. The van der Waals surface area contributed by atoms with Crippen LogP contribution in [0.1, 0.15) is 34.6 Å². The number of rotatable bonds is 6. The van der Waals surface area contributed by atoms with Crippen LogP contribution < -0.4 is 10.6 Å². The van der Waals surface area contributed by atoms with Crippen LogP contribution in [0.5, 0.6) is 0 Å². The molecule has 0 aromatic carbocycles. The fourth-order valence-corrected chi connectivity index (χ4v) is 3.25. The molecule has 16 heteroatoms. The fourth-order valence-electron chi connectivity index (χ4n) is 3.25. The second-order valence-electron chi connectivity index (χ2n) is 7.92. The Kier molecular flexibility index (Phi) is 7.46. The van der Waals surface area contributed by atoms with Gasteiger partial charge in [0.05, 0.1) is 47.2 Å². The first kappa shape index (κ1) is 27.0. The highest BCUT2D eigenvalue weighted by molar-refractivity contribution is 6.03. The van der Waals surface area contributed by atoms with Gasteiger partial charge in [0.25, 0.3) is 5.91 Å². The van der Waals surface area contributed by atoms with Gasteiger partial charge in [0, 0.05) is 13.2 Å². The molecule has 4 aromatic heterocycles. The first-order valence-electron chi connectivity index (χ1n) is 10.9. The predicted molar refractivity (Wildman–Crippen MR) is 124 cm³/mol. The average molecular weight is 548 g/mol. The zero-order valence-electron chi connectivity index (χ0n) is 20.0. The van der Waals surface area contributed by atoms with E-state index in [-0.39, 0.29) is 34.0 Å². The molecule has 11 nitrogen and oxygen atoms in total. The van der Waals surface area contributed by atoms with E-state index >= 15 is 0 Å². The number of ether oxygens (including phenoxy) is 1. The van der Waals surface area contributed by atoms with Gasteiger partial charge in [-0.2, -0.15) is 22.7 Å². The molecule has 1 atom stereocenters. The number of hydrogen-bond acceptors (Lipinski definition) is 8. The van der Waals surface area contributed by atoms with E-state index < -0.39 is 41.7 Å². The van der Waals surface area contributed by atoms with E-state index in [2.05, 4.69) is 35.7 Å². The molecule has 0 unspecified atom stereocenters. The lowest BCUT2D eigenvalue weighted by Gasteiger charge is -2.15. The van der Waals surface area contributed by atoms with Crippen LogP contribution in [0.4, 0.5) is 38.3 Å². The van der Waals surface area contributed by atoms with Gasteiger partial charge in [-0.25, -0.2) is 24.1 Å². The van der Waals surface area contributed by atoms with Crippen LogP contribution in [0.25, 0.3) is 11.4 Å². The van der Waals surface area contributed by atoms with Crippen LogP contribution in [0.15, 0.2) is 49.2 Å². The smallest absolute Gasteiger partial charge is 0.433 e. The summed E-state index contributed by atoms with van der Waals surface area (Å²) < 4.78 is 71.7. The van der Waals surface area contributed by atoms with E-state index in [4.69, 9.17) is 4.74 Å². The van der Waals surface area contributed by atoms with Crippen LogP contribution in [0.3, 0.4) is 0 Å². The first-order valence-corrected chi connectivity index (χ1v) is 10.9. The molecule has 0 radical (unpaired) electrons. The number of aryl methyl sites for hydroxylation is 1. The summed E-state index contributed by atoms with van der Waals surface area (Å²) in [6, 6.07) is 2.52. The van der Waals surface area contributed by atoms with Gasteiger partial charge in [0.2, 0.25) is 5.95 Å². The van der Waals surface area contributed by atoms with Crippen LogP contribution in [-0.4, -0.2) is 41.7 Å². The van der Waals surface area contributed by atoms with E-state index in [9.17, 15) is 31.5 Å². The minimum atomic E-state index is -4.63. The normalized spacial score (nSPS) is 12.1. The monoisotopic (exact) mass is 548 g/mol. The number of nitrogens with one attached hydrogen (secondary N) is 2. The Bertz CT molecular complexity index is 1510. The van der Waals surface area contributed by atoms with Crippen molar-refractivity contribution < 1.29 is 36.3 Å². The van der Waals surface area contributed by atoms with Gasteiger partial charge in [-0.3, -0.25) is 19.8 Å². The number of hydrogen-bond donors (Lipinski definition) is 2. The lowest BCUT2D eigenvalue weighted by atomic mass is 10.2. The maximum atomic E-state index is 13.9. The van der Waals surface area contributed by atoms with Crippen molar-refractivity contribution in [3.8, 4) is 11.4 Å². The Hall–Kier alpha value is -5.02. The molecule has 0 aliphatic heterocycles. The van der Waals surface area contributed by atoms with Gasteiger partial charge in [-0.1, -0.05) is 0 Å². The third kappa shape index (κ3) is 6.28. The number of nitrogens with zero attached hydrogens (tertiary/aromatic N) is 6. The van der Waals surface area contributed by atoms with Crippen molar-refractivity contribution in [1.29, 1.82) is 0 Å². The molecule has 0 bridgehead atoms. The van der Waals surface area contributed by atoms with Gasteiger partial charge in [-0.15, -0.1) is 0 Å². The summed E-state index contributed by atoms with van der Waals surface area (Å²) in [5, 5.41) is 8.91. The summed E-state index contributed by atoms with van der Waals surface area (Å²) in [6.45, 7) is 1.33. The van der Waals surface area contributed by atoms with E-state index in [1.807, 2.05) is 0 Å². The molecule has 4 aromatic rings. The largest absolute Gasteiger partial charge is 0.441 e. The Morgan fingerprint density at radius 2 is 1.69 bits per heavy atom. The molecule has 0 aliphatic rings. The maximum absolute atomic E-state index is 13.9. The standard InChI is InChI=1S/C23H17F5N8O3/c1-11(15-5-13(24)7-30-18(15)25)39-22(38)35-20-16(10-33-36(20)2)19-31-8-14(9-32-19)34-21(37)12-3-4-17(29-6-12)23(26,27)28/h3-11H,1-2H3,(H,34,37)(H,35,38)/t11-/m1/s1. The minimum absolute atomic E-state index is 0.0843. The number of pyridine rings is 2. The van der Waals surface area contributed by atoms with Crippen LogP contribution >= 0.6 is 0 Å². The molecule has 0 saturated carbocycles. The molecule has 4 rings (SSSR count). The molecule has 0 spiro atoms. The lowest BCUT2D eigenvalue weighted by molar-refractivity contribution is -0.141. The molecular formula is C23H17F5N8O3. The average Bonchev–Trinajstić information content (AvgIpc) is 3.25. The Morgan fingerprint density at radius 1 is 0.974 bits per heavy atom. The number of halogens is 5. The van der Waals surface area contributed by atoms with Crippen molar-refractivity contribution >= 4 is 23.5 Å². The molecule has 0 fully saturated rings. The number of aromatic nitrogens is 6. The first-order chi connectivity index (χ1) is 18.4. The van der Waals surface area contributed by atoms with Crippen molar-refractivity contribution in [3.63, 3.8) is 0 Å². The Morgan fingerprint density at radius 3 is 2.33 bits per heavy atom. The van der Waals surface area contributed by atoms with Crippen molar-refractivity contribution in [2.45, 2.75) is 19.2 Å². The van der Waals surface area contributed by atoms with E-state index in [0.717, 1.165) is 18.3 Å². The zero-order chi connectivity index (χ0) is 28.3. The Balaban J connectivity index is 1.43. The highest BCUT2D eigenvalue weighted by atomic mass is 19.4. The van der Waals surface area contributed by atoms with Crippen molar-refractivity contribution in [2.75, 3.05) is 10.6 Å². The predicted octanol–water partition coefficient (Wildman–Crippen LogP) is 4.53. The third-order valence-electron chi connectivity index (χ3n) is 5.18. The lowest BCUT2D eigenvalue weighted by Crippen LogP contribution is -2.19. The number of carbonyl (C=O) groups excluding carboxylic acids is 2. The SMILES string of the molecule is C[C@@H](OC(=O)Nc1c(-c2ncc(NC(=O)c3ccc(C(F)(F)F)nc3)cn2)cnn1C)c1cc(F)cnc1F. The van der Waals surface area contributed by atoms with Crippen molar-refractivity contribution in [3.05, 3.63) is 77.8 Å². The van der Waals surface area contributed by atoms with E-state index in [0.29, 0.717) is 12.3 Å². The number of amides is 2. The van der Waals surface area contributed by atoms with Gasteiger partial charge >= 0.3 is 12.3 Å². The second kappa shape index (κ2) is 10.8. The zero-order valence-corrected chi connectivity index (χ0v) is 20.0. The van der Waals surface area contributed by atoms with Gasteiger partial charge in [0.1, 0.15) is 23.4 Å². The van der Waals surface area contributed by atoms with Crippen LogP contribution in [-0.2, 0) is 18.0 Å². The highest BCUT2D eigenvalue weighted by Crippen LogP contribution is 2.28. The Labute approximate surface area is 216 Å². The molecule has 202 valence electrons. The summed E-state index contributed by atoms with van der Waals surface area (Å²) in [5.41, 5.74) is -1.13. The van der Waals surface area contributed by atoms with Crippen LogP contribution in [0.2, 0.25) is 0 Å². The molecule has 0 saturated heterocycles. The van der Waals surface area contributed by atoms with E-state index in [1.165, 1.54) is 37.2 Å². The van der Waals surface area contributed by atoms with Crippen molar-refractivity contribution in [1.82, 2.24) is 29.7 Å². The summed E-state index contributed by atoms with van der Waals surface area (Å²) in [6.07, 6.45) is -1.53. The summed E-state index contributed by atoms with van der Waals surface area (Å²) in [4.78, 5) is 39.5. The fraction of sp³-hybridized carbons (Fsp3) is 0.174. The molecule has 0 aliphatic carbocycles. The van der Waals surface area contributed by atoms with Crippen molar-refractivity contribution in [2.24, 2.45) is 7.05 Å². The number of anilines is 2. The second-order valence-corrected chi connectivity index (χ2v) is 7.92. The molecule has 2 amide bonds. The van der Waals surface area contributed by atoms with Crippen LogP contribution in [0, 0.1) is 11.8 Å². The maximum Gasteiger partial charge on any atom is 0.433 e. The minimum Gasteiger partial charge on any atom is -0.441 e. The van der Waals surface area contributed by atoms with E-state index in [1.54, 1.807) is 0 Å². The highest BCUT2D eigenvalue weighted by Gasteiger charge is 2.32. The third-order valence-corrected chi connectivity index (χ3v) is 5.18. The molecular weight excluding hydrogens is 531 g/mol. The molecule has 2 N–H and O–H groups in total. The molecule has 4 heterocycles. The number of alkyl halides is 3. The van der Waals surface area contributed by atoms with Gasteiger partial charge in [0.15, 0.2) is 5.82 Å². The van der Waals surface area contributed by atoms with Gasteiger partial charge in [-0.05, 0) is 25.1 Å². The quantitative estimate of drug-likeness (QED) is 0.265. The molecule has 39 heavy (non-hydrogen) atoms. The number of carbonyl (C=O) groups is 2.